The molecule has 0 aliphatic heterocycles. The minimum Gasteiger partial charge on any atom is -0.311 e. The lowest BCUT2D eigenvalue weighted by atomic mass is 9.96. The van der Waals surface area contributed by atoms with Crippen molar-refractivity contribution in [2.24, 2.45) is 0 Å². The maximum atomic E-state index is 13.0. The number of aromatic nitrogens is 1. The quantitative estimate of drug-likeness (QED) is 0.822. The number of nitrogens with zero attached hydrogens (tertiary/aromatic N) is 1. The van der Waals surface area contributed by atoms with E-state index in [1.54, 1.807) is 12.3 Å². The topological polar surface area (TPSA) is 24.9 Å². The van der Waals surface area contributed by atoms with Crippen molar-refractivity contribution in [1.29, 1.82) is 0 Å². The lowest BCUT2D eigenvalue weighted by molar-refractivity contribution is 0.475. The van der Waals surface area contributed by atoms with Gasteiger partial charge >= 0.3 is 0 Å². The van der Waals surface area contributed by atoms with E-state index in [9.17, 15) is 4.39 Å². The normalized spacial score (nSPS) is 19.9. The fraction of sp³-hybridized carbons (Fsp3) is 0.583. The molecular formula is C12H17FN2. The fourth-order valence-electron chi connectivity index (χ4n) is 1.73. The fourth-order valence-corrected chi connectivity index (χ4v) is 1.73. The average molecular weight is 208 g/mol. The van der Waals surface area contributed by atoms with Gasteiger partial charge in [0.2, 0.25) is 0 Å². The van der Waals surface area contributed by atoms with Crippen molar-refractivity contribution in [3.8, 4) is 0 Å². The zero-order valence-corrected chi connectivity index (χ0v) is 9.20. The standard InChI is InChI=1S/C12H17FN2/c1-8(9(2)15-12-3-4-12)10-5-11(13)7-14-6-10/h5-9,12,15H,3-4H2,1-2H3. The third-order valence-electron chi connectivity index (χ3n) is 3.08. The summed E-state index contributed by atoms with van der Waals surface area (Å²) in [4.78, 5) is 3.88. The molecule has 2 rings (SSSR count). The number of hydrogen-bond acceptors (Lipinski definition) is 2. The van der Waals surface area contributed by atoms with Gasteiger partial charge in [-0.05, 0) is 37.3 Å². The molecule has 0 bridgehead atoms. The minimum absolute atomic E-state index is 0.252. The summed E-state index contributed by atoms with van der Waals surface area (Å²) in [6, 6.07) is 2.63. The van der Waals surface area contributed by atoms with Crippen LogP contribution in [0.25, 0.3) is 0 Å². The lowest BCUT2D eigenvalue weighted by Crippen LogP contribution is -2.32. The van der Waals surface area contributed by atoms with Crippen LogP contribution in [-0.2, 0) is 0 Å². The van der Waals surface area contributed by atoms with Gasteiger partial charge in [-0.3, -0.25) is 4.98 Å². The van der Waals surface area contributed by atoms with E-state index in [2.05, 4.69) is 24.1 Å². The van der Waals surface area contributed by atoms with Crippen LogP contribution >= 0.6 is 0 Å². The number of halogens is 1. The molecule has 1 N–H and O–H groups in total. The molecule has 1 fully saturated rings. The Labute approximate surface area is 89.9 Å². The van der Waals surface area contributed by atoms with E-state index in [1.165, 1.54) is 19.0 Å². The largest absolute Gasteiger partial charge is 0.311 e. The minimum atomic E-state index is -0.252. The summed E-state index contributed by atoms with van der Waals surface area (Å²) in [6.07, 6.45) is 5.55. The second kappa shape index (κ2) is 4.27. The monoisotopic (exact) mass is 208 g/mol. The number of pyridine rings is 1. The van der Waals surface area contributed by atoms with Crippen LogP contribution in [-0.4, -0.2) is 17.1 Å². The molecule has 15 heavy (non-hydrogen) atoms. The van der Waals surface area contributed by atoms with E-state index in [0.29, 0.717) is 18.0 Å². The molecule has 2 nitrogen and oxygen atoms in total. The van der Waals surface area contributed by atoms with Gasteiger partial charge in [-0.15, -0.1) is 0 Å². The molecule has 1 aliphatic carbocycles. The molecule has 1 heterocycles. The molecule has 0 radical (unpaired) electrons. The Kier molecular flexibility index (Phi) is 3.00. The van der Waals surface area contributed by atoms with E-state index in [-0.39, 0.29) is 5.82 Å². The SMILES string of the molecule is CC(NC1CC1)C(C)c1cncc(F)c1. The third kappa shape index (κ3) is 2.75. The molecular weight excluding hydrogens is 191 g/mol. The molecule has 1 aliphatic rings. The van der Waals surface area contributed by atoms with Gasteiger partial charge in [0.1, 0.15) is 5.82 Å². The van der Waals surface area contributed by atoms with Gasteiger partial charge in [0.25, 0.3) is 0 Å². The highest BCUT2D eigenvalue weighted by Gasteiger charge is 2.25. The second-order valence-corrected chi connectivity index (χ2v) is 4.45. The van der Waals surface area contributed by atoms with Gasteiger partial charge in [-0.2, -0.15) is 0 Å². The molecule has 1 aromatic heterocycles. The predicted molar refractivity (Wildman–Crippen MR) is 58.2 cm³/mol. The van der Waals surface area contributed by atoms with Crippen molar-refractivity contribution in [2.75, 3.05) is 0 Å². The highest BCUT2D eigenvalue weighted by atomic mass is 19.1. The van der Waals surface area contributed by atoms with Crippen LogP contribution in [0, 0.1) is 5.82 Å². The molecule has 0 aromatic carbocycles. The van der Waals surface area contributed by atoms with Gasteiger partial charge in [-0.25, -0.2) is 4.39 Å². The Morgan fingerprint density at radius 2 is 2.13 bits per heavy atom. The van der Waals surface area contributed by atoms with Gasteiger partial charge in [0.15, 0.2) is 0 Å². The van der Waals surface area contributed by atoms with Crippen LogP contribution < -0.4 is 5.32 Å². The Morgan fingerprint density at radius 1 is 1.40 bits per heavy atom. The van der Waals surface area contributed by atoms with Crippen molar-refractivity contribution in [2.45, 2.75) is 44.7 Å². The lowest BCUT2D eigenvalue weighted by Gasteiger charge is -2.21. The number of rotatable bonds is 4. The van der Waals surface area contributed by atoms with Crippen molar-refractivity contribution < 1.29 is 4.39 Å². The molecule has 2 atom stereocenters. The van der Waals surface area contributed by atoms with Crippen LogP contribution in [0.3, 0.4) is 0 Å². The predicted octanol–water partition coefficient (Wildman–Crippen LogP) is 2.46. The molecule has 0 spiro atoms. The molecule has 82 valence electrons. The van der Waals surface area contributed by atoms with Crippen molar-refractivity contribution >= 4 is 0 Å². The Morgan fingerprint density at radius 3 is 2.73 bits per heavy atom. The Balaban J connectivity index is 2.01. The summed E-state index contributed by atoms with van der Waals surface area (Å²) in [6.45, 7) is 4.25. The van der Waals surface area contributed by atoms with Crippen LogP contribution in [0.2, 0.25) is 0 Å². The molecule has 1 aromatic rings. The first-order valence-corrected chi connectivity index (χ1v) is 5.53. The van der Waals surface area contributed by atoms with Crippen LogP contribution in [0.5, 0.6) is 0 Å². The summed E-state index contributed by atoms with van der Waals surface area (Å²) < 4.78 is 13.0. The average Bonchev–Trinajstić information content (AvgIpc) is 3.00. The van der Waals surface area contributed by atoms with Gasteiger partial charge in [-0.1, -0.05) is 6.92 Å². The van der Waals surface area contributed by atoms with Gasteiger partial charge < -0.3 is 5.32 Å². The molecule has 0 amide bonds. The first-order chi connectivity index (χ1) is 7.16. The van der Waals surface area contributed by atoms with Gasteiger partial charge in [0.05, 0.1) is 6.20 Å². The highest BCUT2D eigenvalue weighted by Crippen LogP contribution is 2.24. The zero-order valence-electron chi connectivity index (χ0n) is 9.20. The zero-order chi connectivity index (χ0) is 10.8. The van der Waals surface area contributed by atoms with E-state index >= 15 is 0 Å². The first-order valence-electron chi connectivity index (χ1n) is 5.53. The Hall–Kier alpha value is -0.960. The van der Waals surface area contributed by atoms with Crippen LogP contribution in [0.1, 0.15) is 38.2 Å². The summed E-state index contributed by atoms with van der Waals surface area (Å²) in [5, 5.41) is 3.52. The molecule has 0 saturated heterocycles. The van der Waals surface area contributed by atoms with E-state index in [4.69, 9.17) is 0 Å². The van der Waals surface area contributed by atoms with Gasteiger partial charge in [0, 0.05) is 18.3 Å². The maximum Gasteiger partial charge on any atom is 0.141 e. The van der Waals surface area contributed by atoms with E-state index < -0.39 is 0 Å². The third-order valence-corrected chi connectivity index (χ3v) is 3.08. The Bertz CT molecular complexity index is 336. The second-order valence-electron chi connectivity index (χ2n) is 4.45. The molecule has 2 unspecified atom stereocenters. The van der Waals surface area contributed by atoms with E-state index in [0.717, 1.165) is 5.56 Å². The van der Waals surface area contributed by atoms with Crippen LogP contribution in [0.15, 0.2) is 18.5 Å². The van der Waals surface area contributed by atoms with E-state index in [1.807, 2.05) is 0 Å². The summed E-state index contributed by atoms with van der Waals surface area (Å²) in [5.41, 5.74) is 0.968. The maximum absolute atomic E-state index is 13.0. The first kappa shape index (κ1) is 10.6. The van der Waals surface area contributed by atoms with Crippen LogP contribution in [0.4, 0.5) is 4.39 Å². The number of nitrogens with one attached hydrogen (secondary N) is 1. The molecule has 1 saturated carbocycles. The molecule has 3 heteroatoms. The van der Waals surface area contributed by atoms with Crippen molar-refractivity contribution in [3.05, 3.63) is 29.8 Å². The highest BCUT2D eigenvalue weighted by molar-refractivity contribution is 5.17. The smallest absolute Gasteiger partial charge is 0.141 e. The van der Waals surface area contributed by atoms with Crippen molar-refractivity contribution in [3.63, 3.8) is 0 Å². The van der Waals surface area contributed by atoms with Crippen molar-refractivity contribution in [1.82, 2.24) is 10.3 Å². The summed E-state index contributed by atoms with van der Waals surface area (Å²) in [7, 11) is 0. The summed E-state index contributed by atoms with van der Waals surface area (Å²) in [5.74, 6) is 0.0479. The summed E-state index contributed by atoms with van der Waals surface area (Å²) >= 11 is 0. The number of hydrogen-bond donors (Lipinski definition) is 1.